The Morgan fingerprint density at radius 3 is 2.45 bits per heavy atom. The molecule has 114 valence electrons. The molecule has 20 heavy (non-hydrogen) atoms. The van der Waals surface area contributed by atoms with Gasteiger partial charge in [-0.2, -0.15) is 0 Å². The third kappa shape index (κ3) is 6.16. The van der Waals surface area contributed by atoms with Gasteiger partial charge >= 0.3 is 0 Å². The van der Waals surface area contributed by atoms with Gasteiger partial charge in [0, 0.05) is 16.5 Å². The minimum absolute atomic E-state index is 0.172. The molecule has 0 amide bonds. The van der Waals surface area contributed by atoms with Gasteiger partial charge in [0.15, 0.2) is 0 Å². The quantitative estimate of drug-likeness (QED) is 0.542. The zero-order valence-electron chi connectivity index (χ0n) is 13.0. The van der Waals surface area contributed by atoms with Crippen LogP contribution in [-0.4, -0.2) is 36.2 Å². The minimum atomic E-state index is -0.172. The molecule has 1 unspecified atom stereocenters. The highest BCUT2D eigenvalue weighted by Gasteiger charge is 2.22. The van der Waals surface area contributed by atoms with E-state index in [0.29, 0.717) is 6.04 Å². The smallest absolute Gasteiger partial charge is 0.118 e. The van der Waals surface area contributed by atoms with Crippen LogP contribution in [0, 0.1) is 0 Å². The zero-order chi connectivity index (χ0) is 15.0. The number of nitrogens with one attached hydrogen (secondary N) is 1. The van der Waals surface area contributed by atoms with Gasteiger partial charge in [0.25, 0.3) is 0 Å². The lowest BCUT2D eigenvalue weighted by Gasteiger charge is -2.31. The molecule has 4 heteroatoms. The average molecular weight is 297 g/mol. The van der Waals surface area contributed by atoms with Gasteiger partial charge in [-0.05, 0) is 49.8 Å². The van der Waals surface area contributed by atoms with Crippen molar-refractivity contribution in [2.24, 2.45) is 0 Å². The van der Waals surface area contributed by atoms with Gasteiger partial charge in [-0.25, -0.2) is 0 Å². The van der Waals surface area contributed by atoms with Gasteiger partial charge in [-0.15, -0.1) is 11.8 Å². The number of methoxy groups -OCH3 is 1. The van der Waals surface area contributed by atoms with Crippen molar-refractivity contribution in [3.05, 3.63) is 24.3 Å². The van der Waals surface area contributed by atoms with Crippen LogP contribution in [0.2, 0.25) is 0 Å². The molecule has 0 aliphatic carbocycles. The first-order chi connectivity index (χ1) is 9.49. The predicted molar refractivity (Wildman–Crippen MR) is 86.7 cm³/mol. The molecule has 0 saturated heterocycles. The van der Waals surface area contributed by atoms with E-state index >= 15 is 0 Å². The van der Waals surface area contributed by atoms with E-state index in [4.69, 9.17) is 4.74 Å². The molecule has 0 spiro atoms. The lowest BCUT2D eigenvalue weighted by atomic mass is 9.96. The molecule has 0 heterocycles. The Labute approximate surface area is 127 Å². The monoisotopic (exact) mass is 297 g/mol. The Morgan fingerprint density at radius 2 is 1.95 bits per heavy atom. The van der Waals surface area contributed by atoms with Crippen molar-refractivity contribution in [1.82, 2.24) is 5.32 Å². The molecule has 0 bridgehead atoms. The van der Waals surface area contributed by atoms with E-state index in [2.05, 4.69) is 38.2 Å². The first kappa shape index (κ1) is 17.3. The number of hydrogen-bond acceptors (Lipinski definition) is 4. The maximum atomic E-state index is 9.53. The second kappa shape index (κ2) is 8.55. The first-order valence-electron chi connectivity index (χ1n) is 7.14. The van der Waals surface area contributed by atoms with Crippen molar-refractivity contribution < 1.29 is 9.84 Å². The van der Waals surface area contributed by atoms with E-state index in [1.54, 1.807) is 7.11 Å². The van der Waals surface area contributed by atoms with Gasteiger partial charge in [0.2, 0.25) is 0 Å². The van der Waals surface area contributed by atoms with E-state index in [0.717, 1.165) is 24.3 Å². The molecule has 1 aromatic rings. The zero-order valence-corrected chi connectivity index (χ0v) is 13.8. The number of aliphatic hydroxyl groups excluding tert-OH is 1. The second-order valence-electron chi connectivity index (χ2n) is 5.65. The summed E-state index contributed by atoms with van der Waals surface area (Å²) < 4.78 is 5.15. The van der Waals surface area contributed by atoms with E-state index in [1.165, 1.54) is 4.90 Å². The summed E-state index contributed by atoms with van der Waals surface area (Å²) in [5.74, 6) is 1.95. The van der Waals surface area contributed by atoms with Crippen LogP contribution in [0.15, 0.2) is 29.2 Å². The number of hydrogen-bond donors (Lipinski definition) is 2. The Hall–Kier alpha value is -0.710. The van der Waals surface area contributed by atoms with Crippen LogP contribution < -0.4 is 10.1 Å². The van der Waals surface area contributed by atoms with Crippen LogP contribution >= 0.6 is 11.8 Å². The molecule has 2 N–H and O–H groups in total. The van der Waals surface area contributed by atoms with Crippen molar-refractivity contribution in [2.75, 3.05) is 19.5 Å². The third-order valence-electron chi connectivity index (χ3n) is 3.19. The third-order valence-corrected chi connectivity index (χ3v) is 4.29. The Balaban J connectivity index is 2.32. The number of aliphatic hydroxyl groups is 1. The minimum Gasteiger partial charge on any atom is -0.497 e. The highest BCUT2D eigenvalue weighted by molar-refractivity contribution is 7.99. The van der Waals surface area contributed by atoms with Crippen molar-refractivity contribution in [3.63, 3.8) is 0 Å². The Morgan fingerprint density at radius 1 is 1.30 bits per heavy atom. The van der Waals surface area contributed by atoms with Gasteiger partial charge < -0.3 is 15.2 Å². The van der Waals surface area contributed by atoms with Crippen molar-refractivity contribution in [3.8, 4) is 5.75 Å². The van der Waals surface area contributed by atoms with Crippen molar-refractivity contribution in [1.29, 1.82) is 0 Å². The SMILES string of the molecule is COc1ccc(SCCCC(C)(CO)NC(C)C)cc1. The van der Waals surface area contributed by atoms with Crippen LogP contribution in [0.5, 0.6) is 5.75 Å². The molecule has 0 aliphatic rings. The maximum Gasteiger partial charge on any atom is 0.118 e. The Kier molecular flexibility index (Phi) is 7.41. The molecule has 0 radical (unpaired) electrons. The molecule has 0 aromatic heterocycles. The van der Waals surface area contributed by atoms with Crippen LogP contribution in [-0.2, 0) is 0 Å². The van der Waals surface area contributed by atoms with Crippen LogP contribution in [0.25, 0.3) is 0 Å². The standard InChI is InChI=1S/C16H27NO2S/c1-13(2)17-16(3,12-18)10-5-11-20-15-8-6-14(19-4)7-9-15/h6-9,13,17-18H,5,10-12H2,1-4H3. The highest BCUT2D eigenvalue weighted by atomic mass is 32.2. The molecule has 0 aliphatic heterocycles. The second-order valence-corrected chi connectivity index (χ2v) is 6.81. The summed E-state index contributed by atoms with van der Waals surface area (Å²) >= 11 is 1.84. The van der Waals surface area contributed by atoms with Crippen LogP contribution in [0.3, 0.4) is 0 Å². The van der Waals surface area contributed by atoms with E-state index in [-0.39, 0.29) is 12.1 Å². The number of ether oxygens (including phenoxy) is 1. The van der Waals surface area contributed by atoms with Crippen LogP contribution in [0.1, 0.15) is 33.6 Å². The topological polar surface area (TPSA) is 41.5 Å². The number of benzene rings is 1. The molecule has 1 atom stereocenters. The summed E-state index contributed by atoms with van der Waals surface area (Å²) in [5.41, 5.74) is -0.172. The largest absolute Gasteiger partial charge is 0.497 e. The molecule has 1 rings (SSSR count). The van der Waals surface area contributed by atoms with E-state index in [1.807, 2.05) is 23.9 Å². The fraction of sp³-hybridized carbons (Fsp3) is 0.625. The summed E-state index contributed by atoms with van der Waals surface area (Å²) in [4.78, 5) is 1.26. The van der Waals surface area contributed by atoms with E-state index < -0.39 is 0 Å². The van der Waals surface area contributed by atoms with Gasteiger partial charge in [0.1, 0.15) is 5.75 Å². The summed E-state index contributed by atoms with van der Waals surface area (Å²) in [6.45, 7) is 6.49. The number of rotatable bonds is 9. The van der Waals surface area contributed by atoms with E-state index in [9.17, 15) is 5.11 Å². The summed E-state index contributed by atoms with van der Waals surface area (Å²) in [6.07, 6.45) is 2.05. The van der Waals surface area contributed by atoms with Gasteiger partial charge in [0.05, 0.1) is 13.7 Å². The molecule has 1 aromatic carbocycles. The number of thioether (sulfide) groups is 1. The van der Waals surface area contributed by atoms with Crippen molar-refractivity contribution in [2.45, 2.75) is 50.1 Å². The maximum absolute atomic E-state index is 9.53. The summed E-state index contributed by atoms with van der Waals surface area (Å²) in [7, 11) is 1.68. The van der Waals surface area contributed by atoms with Gasteiger partial charge in [-0.1, -0.05) is 13.8 Å². The fourth-order valence-electron chi connectivity index (χ4n) is 2.22. The molecule has 3 nitrogen and oxygen atoms in total. The molecular formula is C16H27NO2S. The lowest BCUT2D eigenvalue weighted by molar-refractivity contribution is 0.156. The van der Waals surface area contributed by atoms with Crippen LogP contribution in [0.4, 0.5) is 0 Å². The molecule has 0 saturated carbocycles. The lowest BCUT2D eigenvalue weighted by Crippen LogP contribution is -2.49. The first-order valence-corrected chi connectivity index (χ1v) is 8.13. The predicted octanol–water partition coefficient (Wildman–Crippen LogP) is 3.32. The summed E-state index contributed by atoms with van der Waals surface area (Å²) in [5, 5.41) is 13.0. The molecular weight excluding hydrogens is 270 g/mol. The average Bonchev–Trinajstić information content (AvgIpc) is 2.43. The molecule has 0 fully saturated rings. The Bertz CT molecular complexity index is 381. The fourth-order valence-corrected chi connectivity index (χ4v) is 3.07. The van der Waals surface area contributed by atoms with Gasteiger partial charge in [-0.3, -0.25) is 0 Å². The highest BCUT2D eigenvalue weighted by Crippen LogP contribution is 2.23. The van der Waals surface area contributed by atoms with Crippen molar-refractivity contribution >= 4 is 11.8 Å². The normalized spacial score (nSPS) is 14.3. The summed E-state index contributed by atoms with van der Waals surface area (Å²) in [6, 6.07) is 8.53.